The number of hydrogen-bond donors (Lipinski definition) is 1. The molecule has 0 aliphatic heterocycles. The first-order chi connectivity index (χ1) is 10.1. The lowest BCUT2D eigenvalue weighted by Gasteiger charge is -2.13. The Morgan fingerprint density at radius 2 is 2.05 bits per heavy atom. The SMILES string of the molecule is Cc1cc(Oc2ccc(Cl)cc2CNC2CC2)ccc1F. The maximum Gasteiger partial charge on any atom is 0.132 e. The van der Waals surface area contributed by atoms with E-state index < -0.39 is 0 Å². The van der Waals surface area contributed by atoms with Gasteiger partial charge in [0.05, 0.1) is 0 Å². The summed E-state index contributed by atoms with van der Waals surface area (Å²) in [5, 5.41) is 4.13. The summed E-state index contributed by atoms with van der Waals surface area (Å²) < 4.78 is 19.2. The minimum atomic E-state index is -0.228. The van der Waals surface area contributed by atoms with Gasteiger partial charge in [-0.2, -0.15) is 0 Å². The molecule has 2 aromatic rings. The van der Waals surface area contributed by atoms with Gasteiger partial charge in [0.15, 0.2) is 0 Å². The van der Waals surface area contributed by atoms with Crippen LogP contribution in [0.15, 0.2) is 36.4 Å². The average molecular weight is 306 g/mol. The molecule has 2 aromatic carbocycles. The van der Waals surface area contributed by atoms with E-state index >= 15 is 0 Å². The Morgan fingerprint density at radius 1 is 1.24 bits per heavy atom. The van der Waals surface area contributed by atoms with Gasteiger partial charge >= 0.3 is 0 Å². The molecule has 0 amide bonds. The monoisotopic (exact) mass is 305 g/mol. The Labute approximate surface area is 128 Å². The summed E-state index contributed by atoms with van der Waals surface area (Å²) >= 11 is 6.06. The number of benzene rings is 2. The van der Waals surface area contributed by atoms with Crippen LogP contribution < -0.4 is 10.1 Å². The summed E-state index contributed by atoms with van der Waals surface area (Å²) in [6.45, 7) is 2.44. The van der Waals surface area contributed by atoms with Crippen molar-refractivity contribution in [3.8, 4) is 11.5 Å². The molecule has 3 rings (SSSR count). The van der Waals surface area contributed by atoms with Gasteiger partial charge in [-0.25, -0.2) is 4.39 Å². The van der Waals surface area contributed by atoms with E-state index in [2.05, 4.69) is 5.32 Å². The first-order valence-electron chi connectivity index (χ1n) is 7.07. The maximum atomic E-state index is 13.3. The zero-order valence-electron chi connectivity index (χ0n) is 11.8. The molecule has 1 saturated carbocycles. The molecule has 21 heavy (non-hydrogen) atoms. The summed E-state index contributed by atoms with van der Waals surface area (Å²) in [5.74, 6) is 1.15. The van der Waals surface area contributed by atoms with E-state index in [4.69, 9.17) is 16.3 Å². The van der Waals surface area contributed by atoms with Crippen LogP contribution >= 0.6 is 11.6 Å². The van der Waals surface area contributed by atoms with Gasteiger partial charge in [-0.05, 0) is 61.7 Å². The maximum absolute atomic E-state index is 13.3. The van der Waals surface area contributed by atoms with Crippen LogP contribution in [0.1, 0.15) is 24.0 Å². The first-order valence-corrected chi connectivity index (χ1v) is 7.45. The van der Waals surface area contributed by atoms with Crippen molar-refractivity contribution in [1.29, 1.82) is 0 Å². The second kappa shape index (κ2) is 6.04. The topological polar surface area (TPSA) is 21.3 Å². The quantitative estimate of drug-likeness (QED) is 0.854. The van der Waals surface area contributed by atoms with Gasteiger partial charge in [-0.3, -0.25) is 0 Å². The second-order valence-electron chi connectivity index (χ2n) is 5.42. The van der Waals surface area contributed by atoms with Crippen molar-refractivity contribution in [2.45, 2.75) is 32.4 Å². The summed E-state index contributed by atoms with van der Waals surface area (Å²) in [4.78, 5) is 0. The Bertz CT molecular complexity index is 655. The van der Waals surface area contributed by atoms with Gasteiger partial charge in [0.1, 0.15) is 17.3 Å². The third kappa shape index (κ3) is 3.74. The number of rotatable bonds is 5. The van der Waals surface area contributed by atoms with Crippen molar-refractivity contribution in [2.75, 3.05) is 0 Å². The summed E-state index contributed by atoms with van der Waals surface area (Å²) in [6.07, 6.45) is 2.46. The molecular weight excluding hydrogens is 289 g/mol. The zero-order chi connectivity index (χ0) is 14.8. The largest absolute Gasteiger partial charge is 0.457 e. The van der Waals surface area contributed by atoms with Crippen molar-refractivity contribution in [3.05, 3.63) is 58.4 Å². The number of halogens is 2. The molecule has 0 spiro atoms. The fourth-order valence-corrected chi connectivity index (χ4v) is 2.33. The van der Waals surface area contributed by atoms with Crippen LogP contribution in [0.3, 0.4) is 0 Å². The molecule has 0 heterocycles. The average Bonchev–Trinajstić information content (AvgIpc) is 3.27. The van der Waals surface area contributed by atoms with E-state index in [-0.39, 0.29) is 5.82 Å². The minimum absolute atomic E-state index is 0.228. The predicted molar refractivity (Wildman–Crippen MR) is 82.5 cm³/mol. The molecule has 0 bridgehead atoms. The highest BCUT2D eigenvalue weighted by Crippen LogP contribution is 2.30. The van der Waals surface area contributed by atoms with E-state index in [9.17, 15) is 4.39 Å². The molecule has 0 unspecified atom stereocenters. The smallest absolute Gasteiger partial charge is 0.132 e. The van der Waals surface area contributed by atoms with Crippen LogP contribution in [0.2, 0.25) is 5.02 Å². The molecule has 0 radical (unpaired) electrons. The molecule has 1 aliphatic rings. The number of nitrogens with one attached hydrogen (secondary N) is 1. The van der Waals surface area contributed by atoms with E-state index in [0.717, 1.165) is 17.9 Å². The van der Waals surface area contributed by atoms with Crippen molar-refractivity contribution in [2.24, 2.45) is 0 Å². The molecule has 0 saturated heterocycles. The van der Waals surface area contributed by atoms with Crippen molar-refractivity contribution in [3.63, 3.8) is 0 Å². The molecule has 0 aromatic heterocycles. The second-order valence-corrected chi connectivity index (χ2v) is 5.86. The Balaban J connectivity index is 1.80. The molecule has 4 heteroatoms. The van der Waals surface area contributed by atoms with E-state index in [1.807, 2.05) is 12.1 Å². The fourth-order valence-electron chi connectivity index (χ4n) is 2.14. The minimum Gasteiger partial charge on any atom is -0.457 e. The van der Waals surface area contributed by atoms with Gasteiger partial charge in [-0.1, -0.05) is 11.6 Å². The normalized spacial score (nSPS) is 14.2. The van der Waals surface area contributed by atoms with E-state index in [0.29, 0.717) is 22.4 Å². The van der Waals surface area contributed by atoms with Gasteiger partial charge in [0, 0.05) is 23.2 Å². The standard InChI is InChI=1S/C17H17ClFNO/c1-11-8-15(5-6-16(11)19)21-17-7-2-13(18)9-12(17)10-20-14-3-4-14/h2,5-9,14,20H,3-4,10H2,1H3. The van der Waals surface area contributed by atoms with Gasteiger partial charge in [-0.15, -0.1) is 0 Å². The summed E-state index contributed by atoms with van der Waals surface area (Å²) in [7, 11) is 0. The molecule has 1 fully saturated rings. The third-order valence-corrected chi connectivity index (χ3v) is 3.77. The predicted octanol–water partition coefficient (Wildman–Crippen LogP) is 4.83. The Morgan fingerprint density at radius 3 is 2.76 bits per heavy atom. The van der Waals surface area contributed by atoms with Crippen LogP contribution in [0.5, 0.6) is 11.5 Å². The molecule has 1 N–H and O–H groups in total. The van der Waals surface area contributed by atoms with Crippen molar-refractivity contribution in [1.82, 2.24) is 5.32 Å². The lowest BCUT2D eigenvalue weighted by atomic mass is 10.2. The lowest BCUT2D eigenvalue weighted by molar-refractivity contribution is 0.470. The van der Waals surface area contributed by atoms with E-state index in [1.165, 1.54) is 18.9 Å². The van der Waals surface area contributed by atoms with Crippen LogP contribution in [-0.2, 0) is 6.54 Å². The Kier molecular flexibility index (Phi) is 4.13. The molecule has 2 nitrogen and oxygen atoms in total. The van der Waals surface area contributed by atoms with Gasteiger partial charge < -0.3 is 10.1 Å². The van der Waals surface area contributed by atoms with Crippen LogP contribution in [0.25, 0.3) is 0 Å². The summed E-state index contributed by atoms with van der Waals surface area (Å²) in [6, 6.07) is 10.9. The number of hydrogen-bond acceptors (Lipinski definition) is 2. The van der Waals surface area contributed by atoms with Crippen LogP contribution in [0, 0.1) is 12.7 Å². The number of ether oxygens (including phenoxy) is 1. The first kappa shape index (κ1) is 14.4. The third-order valence-electron chi connectivity index (χ3n) is 3.54. The molecule has 1 aliphatic carbocycles. The van der Waals surface area contributed by atoms with Crippen molar-refractivity contribution >= 4 is 11.6 Å². The molecule has 0 atom stereocenters. The van der Waals surface area contributed by atoms with Crippen LogP contribution in [-0.4, -0.2) is 6.04 Å². The highest BCUT2D eigenvalue weighted by Gasteiger charge is 2.20. The van der Waals surface area contributed by atoms with Gasteiger partial charge in [0.2, 0.25) is 0 Å². The molecule has 110 valence electrons. The highest BCUT2D eigenvalue weighted by atomic mass is 35.5. The lowest BCUT2D eigenvalue weighted by Crippen LogP contribution is -2.15. The van der Waals surface area contributed by atoms with E-state index in [1.54, 1.807) is 25.1 Å². The van der Waals surface area contributed by atoms with Crippen molar-refractivity contribution < 1.29 is 9.13 Å². The Hall–Kier alpha value is -1.58. The van der Waals surface area contributed by atoms with Crippen LogP contribution in [0.4, 0.5) is 4.39 Å². The van der Waals surface area contributed by atoms with Gasteiger partial charge in [0.25, 0.3) is 0 Å². The number of aryl methyl sites for hydroxylation is 1. The highest BCUT2D eigenvalue weighted by molar-refractivity contribution is 6.30. The molecular formula is C17H17ClFNO. The fraction of sp³-hybridized carbons (Fsp3) is 0.294. The summed E-state index contributed by atoms with van der Waals surface area (Å²) in [5.41, 5.74) is 1.58. The zero-order valence-corrected chi connectivity index (χ0v) is 12.6.